The average Bonchev–Trinajstić information content (AvgIpc) is 2.63. The van der Waals surface area contributed by atoms with Crippen molar-refractivity contribution in [3.8, 4) is 0 Å². The summed E-state index contributed by atoms with van der Waals surface area (Å²) in [6.45, 7) is 6.95. The van der Waals surface area contributed by atoms with E-state index in [1.54, 1.807) is 18.9 Å². The maximum Gasteiger partial charge on any atom is 0.170 e. The SMILES string of the molecule is COCCCNCC(C)Sc1nc(C)ns1. The molecule has 1 aromatic rings. The second kappa shape index (κ2) is 8.00. The number of aromatic nitrogens is 2. The van der Waals surface area contributed by atoms with E-state index < -0.39 is 0 Å². The first-order valence-electron chi connectivity index (χ1n) is 5.39. The van der Waals surface area contributed by atoms with E-state index in [1.165, 1.54) is 11.5 Å². The molecule has 0 aliphatic heterocycles. The molecule has 0 spiro atoms. The first kappa shape index (κ1) is 13.9. The number of hydrogen-bond acceptors (Lipinski definition) is 6. The predicted octanol–water partition coefficient (Wildman–Crippen LogP) is 1.95. The van der Waals surface area contributed by atoms with Gasteiger partial charge >= 0.3 is 0 Å². The summed E-state index contributed by atoms with van der Waals surface area (Å²) in [5, 5.41) is 3.93. The molecule has 1 rings (SSSR count). The number of methoxy groups -OCH3 is 1. The molecule has 0 bridgehead atoms. The summed E-state index contributed by atoms with van der Waals surface area (Å²) in [6.07, 6.45) is 1.06. The molecule has 0 aliphatic rings. The fourth-order valence-electron chi connectivity index (χ4n) is 1.19. The molecule has 16 heavy (non-hydrogen) atoms. The van der Waals surface area contributed by atoms with Crippen LogP contribution in [0.25, 0.3) is 0 Å². The summed E-state index contributed by atoms with van der Waals surface area (Å²) in [5.41, 5.74) is 0. The van der Waals surface area contributed by atoms with Crippen LogP contribution >= 0.6 is 23.3 Å². The number of hydrogen-bond donors (Lipinski definition) is 1. The van der Waals surface area contributed by atoms with Gasteiger partial charge in [0.1, 0.15) is 5.82 Å². The second-order valence-corrected chi connectivity index (χ2v) is 6.02. The van der Waals surface area contributed by atoms with Gasteiger partial charge in [-0.25, -0.2) is 4.98 Å². The van der Waals surface area contributed by atoms with Gasteiger partial charge in [0, 0.05) is 25.5 Å². The molecule has 0 radical (unpaired) electrons. The Labute approximate surface area is 105 Å². The standard InChI is InChI=1S/C10H19N3OS2/c1-8(7-11-5-4-6-14-3)15-10-12-9(2)13-16-10/h8,11H,4-7H2,1-3H3. The quantitative estimate of drug-likeness (QED) is 0.572. The molecule has 4 nitrogen and oxygen atoms in total. The minimum atomic E-state index is 0.523. The zero-order chi connectivity index (χ0) is 11.8. The average molecular weight is 261 g/mol. The van der Waals surface area contributed by atoms with Crippen molar-refractivity contribution < 1.29 is 4.74 Å². The topological polar surface area (TPSA) is 47.0 Å². The normalized spacial score (nSPS) is 12.9. The molecule has 0 saturated carbocycles. The monoisotopic (exact) mass is 261 g/mol. The summed E-state index contributed by atoms with van der Waals surface area (Å²) in [4.78, 5) is 4.33. The molecular weight excluding hydrogens is 242 g/mol. The van der Waals surface area contributed by atoms with Gasteiger partial charge in [-0.05, 0) is 31.4 Å². The lowest BCUT2D eigenvalue weighted by atomic mass is 10.4. The second-order valence-electron chi connectivity index (χ2n) is 3.59. The van der Waals surface area contributed by atoms with Gasteiger partial charge in [0.2, 0.25) is 0 Å². The van der Waals surface area contributed by atoms with Crippen LogP contribution < -0.4 is 5.32 Å². The van der Waals surface area contributed by atoms with Crippen molar-refractivity contribution in [3.05, 3.63) is 5.82 Å². The lowest BCUT2D eigenvalue weighted by molar-refractivity contribution is 0.194. The molecule has 0 aliphatic carbocycles. The van der Waals surface area contributed by atoms with Gasteiger partial charge in [-0.2, -0.15) is 4.37 Å². The molecule has 1 heterocycles. The Morgan fingerprint density at radius 3 is 3.00 bits per heavy atom. The van der Waals surface area contributed by atoms with Crippen molar-refractivity contribution in [2.45, 2.75) is 29.9 Å². The van der Waals surface area contributed by atoms with Gasteiger partial charge in [0.15, 0.2) is 4.34 Å². The van der Waals surface area contributed by atoms with Gasteiger partial charge in [-0.15, -0.1) is 0 Å². The van der Waals surface area contributed by atoms with Crippen LogP contribution in [0.5, 0.6) is 0 Å². The Hall–Kier alpha value is -0.170. The van der Waals surface area contributed by atoms with Gasteiger partial charge in [0.25, 0.3) is 0 Å². The van der Waals surface area contributed by atoms with Crippen LogP contribution in [0, 0.1) is 6.92 Å². The van der Waals surface area contributed by atoms with Gasteiger partial charge in [-0.1, -0.05) is 18.7 Å². The van der Waals surface area contributed by atoms with E-state index in [2.05, 4.69) is 21.6 Å². The zero-order valence-corrected chi connectivity index (χ0v) is 11.7. The Bertz CT molecular complexity index is 293. The van der Waals surface area contributed by atoms with Crippen molar-refractivity contribution in [1.29, 1.82) is 0 Å². The number of ether oxygens (including phenoxy) is 1. The van der Waals surface area contributed by atoms with Gasteiger partial charge in [-0.3, -0.25) is 0 Å². The Morgan fingerprint density at radius 1 is 1.56 bits per heavy atom. The van der Waals surface area contributed by atoms with Crippen LogP contribution in [0.1, 0.15) is 19.2 Å². The molecular formula is C10H19N3OS2. The molecule has 92 valence electrons. The maximum atomic E-state index is 4.99. The number of rotatable bonds is 8. The fraction of sp³-hybridized carbons (Fsp3) is 0.800. The van der Waals surface area contributed by atoms with Crippen molar-refractivity contribution in [2.75, 3.05) is 26.8 Å². The minimum absolute atomic E-state index is 0.523. The molecule has 0 saturated heterocycles. The third-order valence-electron chi connectivity index (χ3n) is 1.94. The van der Waals surface area contributed by atoms with E-state index in [0.29, 0.717) is 5.25 Å². The molecule has 0 fully saturated rings. The van der Waals surface area contributed by atoms with Crippen molar-refractivity contribution in [2.24, 2.45) is 0 Å². The summed E-state index contributed by atoms with van der Waals surface area (Å²) in [5.74, 6) is 0.868. The van der Waals surface area contributed by atoms with Crippen LogP contribution in [0.3, 0.4) is 0 Å². The predicted molar refractivity (Wildman–Crippen MR) is 69.3 cm³/mol. The molecule has 1 aromatic heterocycles. The van der Waals surface area contributed by atoms with Crippen LogP contribution in [-0.2, 0) is 4.74 Å². The highest BCUT2D eigenvalue weighted by atomic mass is 32.2. The number of nitrogens with zero attached hydrogens (tertiary/aromatic N) is 2. The minimum Gasteiger partial charge on any atom is -0.385 e. The van der Waals surface area contributed by atoms with E-state index in [-0.39, 0.29) is 0 Å². The first-order valence-corrected chi connectivity index (χ1v) is 7.04. The highest BCUT2D eigenvalue weighted by Gasteiger charge is 2.07. The molecule has 1 N–H and O–H groups in total. The summed E-state index contributed by atoms with van der Waals surface area (Å²) < 4.78 is 10.2. The van der Waals surface area contributed by atoms with E-state index in [4.69, 9.17) is 4.74 Å². The molecule has 1 atom stereocenters. The highest BCUT2D eigenvalue weighted by molar-refractivity contribution is 8.01. The Balaban J connectivity index is 2.09. The van der Waals surface area contributed by atoms with E-state index in [9.17, 15) is 0 Å². The lowest BCUT2D eigenvalue weighted by Gasteiger charge is -2.09. The number of thioether (sulfide) groups is 1. The summed E-state index contributed by atoms with van der Waals surface area (Å²) in [6, 6.07) is 0. The van der Waals surface area contributed by atoms with Crippen molar-refractivity contribution in [1.82, 2.24) is 14.7 Å². The first-order chi connectivity index (χ1) is 7.72. The molecule has 0 aromatic carbocycles. The summed E-state index contributed by atoms with van der Waals surface area (Å²) >= 11 is 3.26. The highest BCUT2D eigenvalue weighted by Crippen LogP contribution is 2.24. The molecule has 1 unspecified atom stereocenters. The van der Waals surface area contributed by atoms with E-state index in [0.717, 1.165) is 36.3 Å². The van der Waals surface area contributed by atoms with Gasteiger partial charge < -0.3 is 10.1 Å². The largest absolute Gasteiger partial charge is 0.385 e. The maximum absolute atomic E-state index is 4.99. The molecule has 0 amide bonds. The third-order valence-corrected chi connectivity index (χ3v) is 3.92. The van der Waals surface area contributed by atoms with Crippen molar-refractivity contribution >= 4 is 23.3 Å². The van der Waals surface area contributed by atoms with E-state index >= 15 is 0 Å². The van der Waals surface area contributed by atoms with Crippen LogP contribution in [0.15, 0.2) is 4.34 Å². The van der Waals surface area contributed by atoms with Crippen LogP contribution in [-0.4, -0.2) is 41.4 Å². The Morgan fingerprint density at radius 2 is 2.38 bits per heavy atom. The van der Waals surface area contributed by atoms with E-state index in [1.807, 2.05) is 6.92 Å². The lowest BCUT2D eigenvalue weighted by Crippen LogP contribution is -2.24. The van der Waals surface area contributed by atoms with Crippen LogP contribution in [0.4, 0.5) is 0 Å². The number of nitrogens with one attached hydrogen (secondary N) is 1. The summed E-state index contributed by atoms with van der Waals surface area (Å²) in [7, 11) is 1.73. The fourth-order valence-corrected chi connectivity index (χ4v) is 3.12. The smallest absolute Gasteiger partial charge is 0.170 e. The van der Waals surface area contributed by atoms with Crippen molar-refractivity contribution in [3.63, 3.8) is 0 Å². The van der Waals surface area contributed by atoms with Crippen LogP contribution in [0.2, 0.25) is 0 Å². The zero-order valence-electron chi connectivity index (χ0n) is 10.0. The van der Waals surface area contributed by atoms with Gasteiger partial charge in [0.05, 0.1) is 0 Å². The Kier molecular flexibility index (Phi) is 6.95. The number of aryl methyl sites for hydroxylation is 1. The molecule has 6 heteroatoms. The third kappa shape index (κ3) is 5.79.